The van der Waals surface area contributed by atoms with E-state index in [0.717, 1.165) is 0 Å². The van der Waals surface area contributed by atoms with Gasteiger partial charge in [-0.2, -0.15) is 0 Å². The normalized spacial score (nSPS) is 14.4. The molecule has 0 bridgehead atoms. The highest BCUT2D eigenvalue weighted by Gasteiger charge is 2.29. The lowest BCUT2D eigenvalue weighted by Gasteiger charge is -2.16. The summed E-state index contributed by atoms with van der Waals surface area (Å²) in [6.07, 6.45) is 0.831. The maximum absolute atomic E-state index is 10.3. The summed E-state index contributed by atoms with van der Waals surface area (Å²) >= 11 is 0. The Balaban J connectivity index is 3.54. The van der Waals surface area contributed by atoms with Crippen LogP contribution >= 0.6 is 0 Å². The fourth-order valence-electron chi connectivity index (χ4n) is 0.838. The van der Waals surface area contributed by atoms with Gasteiger partial charge in [0.25, 0.3) is 0 Å². The molecule has 7 heteroatoms. The second-order valence-electron chi connectivity index (χ2n) is 2.98. The van der Waals surface area contributed by atoms with Crippen molar-refractivity contribution in [1.82, 2.24) is 5.32 Å². The van der Waals surface area contributed by atoms with Crippen LogP contribution in [-0.4, -0.2) is 34.5 Å². The second-order valence-corrected chi connectivity index (χ2v) is 2.98. The Bertz CT molecular complexity index is 217. The molecule has 1 atom stereocenters. The van der Waals surface area contributed by atoms with E-state index >= 15 is 0 Å². The van der Waals surface area contributed by atoms with Gasteiger partial charge in [0.2, 0.25) is 5.72 Å². The Kier molecular flexibility index (Phi) is 4.89. The summed E-state index contributed by atoms with van der Waals surface area (Å²) in [4.78, 5) is 20.5. The molecule has 0 heterocycles. The molecule has 0 fully saturated rings. The molecule has 14 heavy (non-hydrogen) atoms. The lowest BCUT2D eigenvalue weighted by molar-refractivity contribution is -0.158. The number of aliphatic hydroxyl groups is 1. The number of carboxylic acid groups (broad SMARTS) is 1. The summed E-state index contributed by atoms with van der Waals surface area (Å²) in [6, 6.07) is -0.633. The number of nitrogens with two attached hydrogens (primary N) is 2. The third-order valence-electron chi connectivity index (χ3n) is 1.65. The first kappa shape index (κ1) is 12.7. The molecule has 0 aromatic rings. The molecule has 0 radical (unpaired) electrons. The largest absolute Gasteiger partial charge is 0.478 e. The van der Waals surface area contributed by atoms with Crippen LogP contribution in [0.25, 0.3) is 0 Å². The van der Waals surface area contributed by atoms with E-state index in [4.69, 9.17) is 21.7 Å². The molecule has 0 saturated heterocycles. The molecule has 0 aliphatic heterocycles. The van der Waals surface area contributed by atoms with Crippen molar-refractivity contribution in [2.24, 2.45) is 11.5 Å². The van der Waals surface area contributed by atoms with Gasteiger partial charge in [-0.15, -0.1) is 0 Å². The topological polar surface area (TPSA) is 139 Å². The number of primary amides is 1. The summed E-state index contributed by atoms with van der Waals surface area (Å²) < 4.78 is 0. The van der Waals surface area contributed by atoms with Crippen LogP contribution in [0.5, 0.6) is 0 Å². The smallest absolute Gasteiger partial charge is 0.350 e. The van der Waals surface area contributed by atoms with Gasteiger partial charge in [-0.1, -0.05) is 0 Å². The molecule has 0 saturated carbocycles. The van der Waals surface area contributed by atoms with Crippen LogP contribution in [-0.2, 0) is 4.79 Å². The van der Waals surface area contributed by atoms with Crippen LogP contribution in [0.2, 0.25) is 0 Å². The number of carbonyl (C=O) groups excluding carboxylic acids is 1. The molecule has 0 aliphatic rings. The molecule has 7 N–H and O–H groups in total. The van der Waals surface area contributed by atoms with Gasteiger partial charge < -0.3 is 21.3 Å². The van der Waals surface area contributed by atoms with E-state index in [1.165, 1.54) is 0 Å². The predicted molar refractivity (Wildman–Crippen MR) is 48.2 cm³/mol. The van der Waals surface area contributed by atoms with Crippen molar-refractivity contribution in [1.29, 1.82) is 0 Å². The number of aliphatic carboxylic acids is 1. The molecule has 0 unspecified atom stereocenters. The van der Waals surface area contributed by atoms with E-state index < -0.39 is 17.7 Å². The summed E-state index contributed by atoms with van der Waals surface area (Å²) in [5.41, 5.74) is 7.65. The standard InChI is InChI=1S/C7H15N3O4/c8-6(13)10-4-2-1-3-7(9,14)5(11)12/h14H,1-4,9H2,(H,11,12)(H3,8,10,13)/t7-/m0/s1. The van der Waals surface area contributed by atoms with E-state index in [2.05, 4.69) is 5.32 Å². The highest BCUT2D eigenvalue weighted by atomic mass is 16.4. The third kappa shape index (κ3) is 5.33. The van der Waals surface area contributed by atoms with E-state index in [0.29, 0.717) is 19.4 Å². The van der Waals surface area contributed by atoms with Crippen LogP contribution in [0.1, 0.15) is 19.3 Å². The van der Waals surface area contributed by atoms with Crippen molar-refractivity contribution in [2.75, 3.05) is 6.54 Å². The van der Waals surface area contributed by atoms with Crippen molar-refractivity contribution in [3.05, 3.63) is 0 Å². The summed E-state index contributed by atoms with van der Waals surface area (Å²) in [6.45, 7) is 0.338. The Labute approximate surface area is 81.1 Å². The number of rotatable bonds is 6. The summed E-state index contributed by atoms with van der Waals surface area (Å²) in [5.74, 6) is -1.46. The fraction of sp³-hybridized carbons (Fsp3) is 0.714. The second kappa shape index (κ2) is 5.40. The zero-order valence-electron chi connectivity index (χ0n) is 7.69. The van der Waals surface area contributed by atoms with E-state index in [1.54, 1.807) is 0 Å². The van der Waals surface area contributed by atoms with Crippen molar-refractivity contribution in [3.63, 3.8) is 0 Å². The lowest BCUT2D eigenvalue weighted by Crippen LogP contribution is -2.47. The van der Waals surface area contributed by atoms with Crippen LogP contribution < -0.4 is 16.8 Å². The van der Waals surface area contributed by atoms with Crippen molar-refractivity contribution in [3.8, 4) is 0 Å². The van der Waals surface area contributed by atoms with Gasteiger partial charge in [-0.05, 0) is 12.8 Å². The van der Waals surface area contributed by atoms with Crippen LogP contribution in [0, 0.1) is 0 Å². The quantitative estimate of drug-likeness (QED) is 0.267. The van der Waals surface area contributed by atoms with E-state index in [-0.39, 0.29) is 6.42 Å². The first-order chi connectivity index (χ1) is 6.36. The highest BCUT2D eigenvalue weighted by Crippen LogP contribution is 2.07. The number of hydrogen-bond donors (Lipinski definition) is 5. The first-order valence-electron chi connectivity index (χ1n) is 4.14. The van der Waals surface area contributed by atoms with Gasteiger partial charge in [0.1, 0.15) is 0 Å². The SMILES string of the molecule is NC(=O)NCCCC[C@](N)(O)C(=O)O. The number of amides is 2. The maximum Gasteiger partial charge on any atom is 0.350 e. The third-order valence-corrected chi connectivity index (χ3v) is 1.65. The van der Waals surface area contributed by atoms with Gasteiger partial charge in [0.15, 0.2) is 0 Å². The molecule has 0 rings (SSSR count). The van der Waals surface area contributed by atoms with Gasteiger partial charge >= 0.3 is 12.0 Å². The Hall–Kier alpha value is -1.34. The zero-order valence-corrected chi connectivity index (χ0v) is 7.69. The monoisotopic (exact) mass is 205 g/mol. The number of carboxylic acids is 1. The molecule has 0 spiro atoms. The lowest BCUT2D eigenvalue weighted by atomic mass is 10.1. The molecular formula is C7H15N3O4. The van der Waals surface area contributed by atoms with E-state index in [9.17, 15) is 9.59 Å². The van der Waals surface area contributed by atoms with Crippen molar-refractivity contribution < 1.29 is 19.8 Å². The van der Waals surface area contributed by atoms with E-state index in [1.807, 2.05) is 0 Å². The zero-order chi connectivity index (χ0) is 11.2. The Morgan fingerprint density at radius 1 is 1.36 bits per heavy atom. The van der Waals surface area contributed by atoms with Gasteiger partial charge in [-0.25, -0.2) is 9.59 Å². The number of carbonyl (C=O) groups is 2. The average molecular weight is 205 g/mol. The predicted octanol–water partition coefficient (Wildman–Crippen LogP) is -1.44. The van der Waals surface area contributed by atoms with Crippen LogP contribution in [0.3, 0.4) is 0 Å². The highest BCUT2D eigenvalue weighted by molar-refractivity contribution is 5.76. The molecule has 0 aromatic carbocycles. The van der Waals surface area contributed by atoms with Crippen molar-refractivity contribution in [2.45, 2.75) is 25.0 Å². The average Bonchev–Trinajstić information content (AvgIpc) is 2.02. The Morgan fingerprint density at radius 2 is 1.93 bits per heavy atom. The van der Waals surface area contributed by atoms with Crippen molar-refractivity contribution >= 4 is 12.0 Å². The van der Waals surface area contributed by atoms with Crippen LogP contribution in [0.15, 0.2) is 0 Å². The molecule has 7 nitrogen and oxygen atoms in total. The van der Waals surface area contributed by atoms with Gasteiger partial charge in [0.05, 0.1) is 0 Å². The number of hydrogen-bond acceptors (Lipinski definition) is 4. The molecular weight excluding hydrogens is 190 g/mol. The maximum atomic E-state index is 10.3. The summed E-state index contributed by atoms with van der Waals surface area (Å²) in [7, 11) is 0. The minimum absolute atomic E-state index is 0.0667. The Morgan fingerprint density at radius 3 is 2.36 bits per heavy atom. The molecule has 0 aromatic heterocycles. The van der Waals surface area contributed by atoms with Crippen LogP contribution in [0.4, 0.5) is 4.79 Å². The fourth-order valence-corrected chi connectivity index (χ4v) is 0.838. The molecule has 0 aliphatic carbocycles. The number of nitrogens with one attached hydrogen (secondary N) is 1. The van der Waals surface area contributed by atoms with Gasteiger partial charge in [0, 0.05) is 13.0 Å². The van der Waals surface area contributed by atoms with Gasteiger partial charge in [-0.3, -0.25) is 5.73 Å². The number of urea groups is 1. The minimum atomic E-state index is -2.19. The molecule has 82 valence electrons. The molecule has 2 amide bonds. The number of unbranched alkanes of at least 4 members (excludes halogenated alkanes) is 1. The minimum Gasteiger partial charge on any atom is -0.478 e. The summed E-state index contributed by atoms with van der Waals surface area (Å²) in [5, 5.41) is 19.8. The first-order valence-corrected chi connectivity index (χ1v) is 4.14.